The van der Waals surface area contributed by atoms with Crippen molar-refractivity contribution in [2.75, 3.05) is 0 Å². The van der Waals surface area contributed by atoms with Gasteiger partial charge in [-0.3, -0.25) is 0 Å². The molecule has 0 radical (unpaired) electrons. The number of aromatic nitrogens is 1. The zero-order valence-corrected chi connectivity index (χ0v) is 13.4. The fourth-order valence-corrected chi connectivity index (χ4v) is 3.33. The van der Waals surface area contributed by atoms with E-state index in [9.17, 15) is 0 Å². The quantitative estimate of drug-likeness (QED) is 0.733. The van der Waals surface area contributed by atoms with E-state index in [1.54, 1.807) is 11.3 Å². The molecule has 3 aromatic rings. The zero-order chi connectivity index (χ0) is 15.4. The highest BCUT2D eigenvalue weighted by Crippen LogP contribution is 2.27. The van der Waals surface area contributed by atoms with Gasteiger partial charge >= 0.3 is 0 Å². The van der Waals surface area contributed by atoms with Gasteiger partial charge in [-0.1, -0.05) is 43.0 Å². The van der Waals surface area contributed by atoms with Gasteiger partial charge in [-0.15, -0.1) is 11.3 Å². The van der Waals surface area contributed by atoms with Gasteiger partial charge in [-0.25, -0.2) is 4.98 Å². The Bertz CT molecular complexity index is 806. The molecule has 2 aromatic carbocycles. The van der Waals surface area contributed by atoms with E-state index in [2.05, 4.69) is 41.9 Å². The van der Waals surface area contributed by atoms with Crippen LogP contribution in [0.15, 0.2) is 48.5 Å². The molecule has 22 heavy (non-hydrogen) atoms. The summed E-state index contributed by atoms with van der Waals surface area (Å²) in [5.41, 5.74) is 9.64. The van der Waals surface area contributed by atoms with Crippen LogP contribution in [0.3, 0.4) is 0 Å². The summed E-state index contributed by atoms with van der Waals surface area (Å²) in [6.07, 6.45) is 1.65. The molecule has 0 bridgehead atoms. The molecule has 0 saturated carbocycles. The molecule has 0 aliphatic rings. The minimum atomic E-state index is -0.0771. The molecule has 0 fully saturated rings. The number of para-hydroxylation sites is 1. The van der Waals surface area contributed by atoms with E-state index in [0.717, 1.165) is 28.9 Å². The molecule has 1 heterocycles. The predicted molar refractivity (Wildman–Crippen MR) is 93.9 cm³/mol. The first-order valence-electron chi connectivity index (χ1n) is 7.45. The van der Waals surface area contributed by atoms with Gasteiger partial charge in [0.1, 0.15) is 5.01 Å². The van der Waals surface area contributed by atoms with Gasteiger partial charge < -0.3 is 5.73 Å². The van der Waals surface area contributed by atoms with Crippen LogP contribution in [0.2, 0.25) is 0 Å². The predicted octanol–water partition coefficient (Wildman–Crippen LogP) is 4.30. The summed E-state index contributed by atoms with van der Waals surface area (Å²) >= 11 is 1.68. The Morgan fingerprint density at radius 3 is 2.86 bits per heavy atom. The Kier molecular flexibility index (Phi) is 4.53. The van der Waals surface area contributed by atoms with Gasteiger partial charge in [-0.05, 0) is 36.2 Å². The monoisotopic (exact) mass is 306 g/mol. The van der Waals surface area contributed by atoms with Crippen molar-refractivity contribution < 1.29 is 0 Å². The minimum Gasteiger partial charge on any atom is -0.322 e. The van der Waals surface area contributed by atoms with Gasteiger partial charge in [-0.2, -0.15) is 0 Å². The first-order valence-corrected chi connectivity index (χ1v) is 8.27. The molecular weight excluding hydrogens is 288 g/mol. The van der Waals surface area contributed by atoms with Crippen LogP contribution in [0.25, 0.3) is 10.2 Å². The van der Waals surface area contributed by atoms with Gasteiger partial charge in [0.2, 0.25) is 0 Å². The van der Waals surface area contributed by atoms with Crippen molar-refractivity contribution in [3.8, 4) is 11.8 Å². The van der Waals surface area contributed by atoms with Crippen molar-refractivity contribution in [3.63, 3.8) is 0 Å². The molecule has 1 atom stereocenters. The third-order valence-electron chi connectivity index (χ3n) is 3.42. The van der Waals surface area contributed by atoms with Crippen LogP contribution in [0, 0.1) is 11.8 Å². The van der Waals surface area contributed by atoms with Gasteiger partial charge in [0.15, 0.2) is 0 Å². The lowest BCUT2D eigenvalue weighted by Crippen LogP contribution is -2.13. The first kappa shape index (κ1) is 14.8. The van der Waals surface area contributed by atoms with E-state index in [1.165, 1.54) is 10.3 Å². The second-order valence-corrected chi connectivity index (χ2v) is 6.25. The fourth-order valence-electron chi connectivity index (χ4n) is 2.36. The summed E-state index contributed by atoms with van der Waals surface area (Å²) < 4.78 is 1.19. The third kappa shape index (κ3) is 3.36. The molecule has 0 spiro atoms. The van der Waals surface area contributed by atoms with Crippen molar-refractivity contribution in [1.29, 1.82) is 0 Å². The van der Waals surface area contributed by atoms with Crippen LogP contribution in [-0.4, -0.2) is 4.98 Å². The zero-order valence-electron chi connectivity index (χ0n) is 12.5. The van der Waals surface area contributed by atoms with Crippen LogP contribution in [0.5, 0.6) is 0 Å². The average molecular weight is 306 g/mol. The van der Waals surface area contributed by atoms with Crippen LogP contribution in [-0.2, 0) is 6.42 Å². The maximum Gasteiger partial charge on any atom is 0.111 e. The second-order valence-electron chi connectivity index (χ2n) is 5.19. The van der Waals surface area contributed by atoms with Crippen LogP contribution in [0.1, 0.15) is 35.5 Å². The molecule has 1 aromatic heterocycles. The maximum absolute atomic E-state index is 6.35. The van der Waals surface area contributed by atoms with Crippen LogP contribution in [0.4, 0.5) is 0 Å². The lowest BCUT2D eigenvalue weighted by Gasteiger charge is -2.08. The Morgan fingerprint density at radius 1 is 1.18 bits per heavy atom. The Labute approximate surface area is 135 Å². The summed E-state index contributed by atoms with van der Waals surface area (Å²) in [6.45, 7) is 2.06. The van der Waals surface area contributed by atoms with E-state index in [4.69, 9.17) is 5.73 Å². The smallest absolute Gasteiger partial charge is 0.111 e. The normalized spacial score (nSPS) is 11.9. The van der Waals surface area contributed by atoms with Crippen molar-refractivity contribution in [2.24, 2.45) is 5.73 Å². The summed E-state index contributed by atoms with van der Waals surface area (Å²) in [7, 11) is 0. The number of fused-ring (bicyclic) bond motifs is 1. The van der Waals surface area contributed by atoms with Crippen molar-refractivity contribution in [1.82, 2.24) is 4.98 Å². The number of nitrogens with two attached hydrogens (primary N) is 1. The molecule has 110 valence electrons. The van der Waals surface area contributed by atoms with Crippen molar-refractivity contribution in [3.05, 3.63) is 64.7 Å². The van der Waals surface area contributed by atoms with E-state index >= 15 is 0 Å². The molecule has 0 aliphatic carbocycles. The number of benzene rings is 2. The molecule has 1 unspecified atom stereocenters. The van der Waals surface area contributed by atoms with Gasteiger partial charge in [0.05, 0.1) is 16.3 Å². The molecule has 0 aliphatic heterocycles. The standard InChI is InChI=1S/C19H18N2S/c1-2-3-7-14-8-6-9-15(12-14)13-16(20)19-21-17-10-4-5-11-18(17)22-19/h4-6,8-12,16H,2,13,20H2,1H3. The topological polar surface area (TPSA) is 38.9 Å². The van der Waals surface area contributed by atoms with Crippen LogP contribution >= 0.6 is 11.3 Å². The summed E-state index contributed by atoms with van der Waals surface area (Å²) in [5.74, 6) is 6.27. The fraction of sp³-hybridized carbons (Fsp3) is 0.211. The second kappa shape index (κ2) is 6.74. The molecule has 0 saturated heterocycles. The Balaban J connectivity index is 1.80. The lowest BCUT2D eigenvalue weighted by molar-refractivity contribution is 0.717. The number of hydrogen-bond donors (Lipinski definition) is 1. The highest BCUT2D eigenvalue weighted by atomic mass is 32.1. The Morgan fingerprint density at radius 2 is 2.05 bits per heavy atom. The molecule has 3 rings (SSSR count). The van der Waals surface area contributed by atoms with E-state index in [1.807, 2.05) is 30.3 Å². The van der Waals surface area contributed by atoms with Gasteiger partial charge in [0.25, 0.3) is 0 Å². The number of thiazole rings is 1. The lowest BCUT2D eigenvalue weighted by atomic mass is 10.0. The van der Waals surface area contributed by atoms with E-state index in [0.29, 0.717) is 0 Å². The first-order chi connectivity index (χ1) is 10.8. The van der Waals surface area contributed by atoms with Gasteiger partial charge in [0, 0.05) is 12.0 Å². The summed E-state index contributed by atoms with van der Waals surface area (Å²) in [6, 6.07) is 16.4. The molecule has 3 heteroatoms. The molecule has 2 nitrogen and oxygen atoms in total. The van der Waals surface area contributed by atoms with E-state index < -0.39 is 0 Å². The number of rotatable bonds is 3. The maximum atomic E-state index is 6.35. The Hall–Kier alpha value is -2.15. The van der Waals surface area contributed by atoms with Crippen molar-refractivity contribution >= 4 is 21.6 Å². The molecule has 0 amide bonds. The average Bonchev–Trinajstić information content (AvgIpc) is 2.97. The molecule has 2 N–H and O–H groups in total. The largest absolute Gasteiger partial charge is 0.322 e. The number of nitrogens with zero attached hydrogens (tertiary/aromatic N) is 1. The highest BCUT2D eigenvalue weighted by Gasteiger charge is 2.12. The SMILES string of the molecule is CCC#Cc1cccc(CC(N)c2nc3ccccc3s2)c1. The summed E-state index contributed by atoms with van der Waals surface area (Å²) in [5, 5.41) is 0.992. The minimum absolute atomic E-state index is 0.0771. The molecular formula is C19H18N2S. The third-order valence-corrected chi connectivity index (χ3v) is 4.59. The number of hydrogen-bond acceptors (Lipinski definition) is 3. The van der Waals surface area contributed by atoms with Crippen LogP contribution < -0.4 is 5.73 Å². The van der Waals surface area contributed by atoms with E-state index in [-0.39, 0.29) is 6.04 Å². The van der Waals surface area contributed by atoms with Crippen molar-refractivity contribution in [2.45, 2.75) is 25.8 Å². The summed E-state index contributed by atoms with van der Waals surface area (Å²) in [4.78, 5) is 4.65. The highest BCUT2D eigenvalue weighted by molar-refractivity contribution is 7.18.